The molecule has 0 saturated heterocycles. The molecule has 1 fully saturated rings. The Balaban J connectivity index is 2.16. The molecule has 0 aliphatic heterocycles. The van der Waals surface area contributed by atoms with Gasteiger partial charge >= 0.3 is 0 Å². The minimum absolute atomic E-state index is 0.916. The monoisotopic (exact) mass is 226 g/mol. The summed E-state index contributed by atoms with van der Waals surface area (Å²) < 4.78 is 0. The Kier molecular flexibility index (Phi) is 5.12. The van der Waals surface area contributed by atoms with E-state index in [9.17, 15) is 0 Å². The maximum Gasteiger partial charge on any atom is 0.129 e. The zero-order valence-electron chi connectivity index (χ0n) is 9.73. The Labute approximate surface area is 94.3 Å². The topological polar surface area (TPSA) is 0 Å². The van der Waals surface area contributed by atoms with E-state index in [1.807, 2.05) is 0 Å². The summed E-state index contributed by atoms with van der Waals surface area (Å²) in [5, 5.41) is 0.916. The highest BCUT2D eigenvalue weighted by Gasteiger charge is 2.12. The lowest BCUT2D eigenvalue weighted by Gasteiger charge is -2.19. The molecule has 0 N–H and O–H groups in total. The minimum atomic E-state index is -1.12. The van der Waals surface area contributed by atoms with E-state index >= 15 is 0 Å². The first-order chi connectivity index (χ1) is 6.58. The molecule has 1 rings (SSSR count). The molecule has 0 aromatic heterocycles. The number of hydrogen-bond acceptors (Lipinski definition) is 1. The predicted octanol–water partition coefficient (Wildman–Crippen LogP) is 3.93. The highest BCUT2D eigenvalue weighted by Crippen LogP contribution is 2.27. The SMILES string of the molecule is C[Si](C)(C)C#CCSC1CCCCC1. The zero-order chi connectivity index (χ0) is 10.4. The van der Waals surface area contributed by atoms with Crippen LogP contribution in [0.2, 0.25) is 19.6 Å². The average Bonchev–Trinajstić information content (AvgIpc) is 2.13. The molecule has 0 radical (unpaired) electrons. The van der Waals surface area contributed by atoms with Gasteiger partial charge in [-0.1, -0.05) is 44.8 Å². The molecule has 0 spiro atoms. The molecule has 2 heteroatoms. The summed E-state index contributed by atoms with van der Waals surface area (Å²) in [6, 6.07) is 0. The first-order valence-corrected chi connectivity index (χ1v) is 10.2. The molecule has 0 heterocycles. The normalized spacial score (nSPS) is 18.8. The highest BCUT2D eigenvalue weighted by molar-refractivity contribution is 8.00. The van der Waals surface area contributed by atoms with Crippen molar-refractivity contribution in [1.29, 1.82) is 0 Å². The average molecular weight is 226 g/mol. The van der Waals surface area contributed by atoms with Gasteiger partial charge in [-0.05, 0) is 12.8 Å². The Morgan fingerprint density at radius 3 is 2.36 bits per heavy atom. The second-order valence-corrected chi connectivity index (χ2v) is 11.2. The summed E-state index contributed by atoms with van der Waals surface area (Å²) >= 11 is 2.09. The van der Waals surface area contributed by atoms with Gasteiger partial charge in [0.25, 0.3) is 0 Å². The predicted molar refractivity (Wildman–Crippen MR) is 70.5 cm³/mol. The quantitative estimate of drug-likeness (QED) is 0.508. The van der Waals surface area contributed by atoms with Gasteiger partial charge in [0, 0.05) is 5.25 Å². The summed E-state index contributed by atoms with van der Waals surface area (Å²) in [6.45, 7) is 6.93. The van der Waals surface area contributed by atoms with Crippen LogP contribution in [-0.2, 0) is 0 Å². The van der Waals surface area contributed by atoms with Crippen LogP contribution in [0.4, 0.5) is 0 Å². The van der Waals surface area contributed by atoms with E-state index in [1.165, 1.54) is 32.1 Å². The zero-order valence-corrected chi connectivity index (χ0v) is 11.5. The van der Waals surface area contributed by atoms with Gasteiger partial charge in [0.15, 0.2) is 0 Å². The van der Waals surface area contributed by atoms with Crippen LogP contribution in [0.1, 0.15) is 32.1 Å². The fourth-order valence-electron chi connectivity index (χ4n) is 1.69. The van der Waals surface area contributed by atoms with E-state index in [4.69, 9.17) is 0 Å². The lowest BCUT2D eigenvalue weighted by molar-refractivity contribution is 0.516. The van der Waals surface area contributed by atoms with Crippen LogP contribution < -0.4 is 0 Å². The fourth-order valence-corrected chi connectivity index (χ4v) is 3.50. The smallest absolute Gasteiger partial charge is 0.129 e. The first kappa shape index (κ1) is 12.2. The highest BCUT2D eigenvalue weighted by atomic mass is 32.2. The van der Waals surface area contributed by atoms with Crippen molar-refractivity contribution < 1.29 is 0 Å². The van der Waals surface area contributed by atoms with E-state index in [-0.39, 0.29) is 0 Å². The van der Waals surface area contributed by atoms with E-state index in [0.717, 1.165) is 11.0 Å². The summed E-state index contributed by atoms with van der Waals surface area (Å²) in [4.78, 5) is 0. The number of thioether (sulfide) groups is 1. The van der Waals surface area contributed by atoms with Gasteiger partial charge in [-0.3, -0.25) is 0 Å². The largest absolute Gasteiger partial charge is 0.146 e. The van der Waals surface area contributed by atoms with Crippen molar-refractivity contribution >= 4 is 19.8 Å². The Bertz CT molecular complexity index is 213. The first-order valence-electron chi connectivity index (χ1n) is 5.69. The molecule has 0 aromatic carbocycles. The van der Waals surface area contributed by atoms with Gasteiger partial charge in [-0.15, -0.1) is 17.3 Å². The second-order valence-electron chi connectivity index (χ2n) is 5.12. The van der Waals surface area contributed by atoms with Crippen LogP contribution in [0.3, 0.4) is 0 Å². The lowest BCUT2D eigenvalue weighted by Crippen LogP contribution is -2.16. The van der Waals surface area contributed by atoms with Crippen LogP contribution in [0.15, 0.2) is 0 Å². The molecule has 0 unspecified atom stereocenters. The van der Waals surface area contributed by atoms with Crippen molar-refractivity contribution in [1.82, 2.24) is 0 Å². The van der Waals surface area contributed by atoms with Crippen LogP contribution >= 0.6 is 11.8 Å². The van der Waals surface area contributed by atoms with E-state index in [1.54, 1.807) is 0 Å². The minimum Gasteiger partial charge on any atom is -0.146 e. The van der Waals surface area contributed by atoms with Gasteiger partial charge in [-0.25, -0.2) is 0 Å². The summed E-state index contributed by atoms with van der Waals surface area (Å²) in [5.74, 6) is 4.41. The summed E-state index contributed by atoms with van der Waals surface area (Å²) in [6.07, 6.45) is 7.20. The third-order valence-corrected chi connectivity index (χ3v) is 4.59. The van der Waals surface area contributed by atoms with Gasteiger partial charge in [0.2, 0.25) is 0 Å². The van der Waals surface area contributed by atoms with Crippen molar-refractivity contribution in [3.63, 3.8) is 0 Å². The molecule has 14 heavy (non-hydrogen) atoms. The van der Waals surface area contributed by atoms with Crippen LogP contribution in [0.5, 0.6) is 0 Å². The third kappa shape index (κ3) is 5.77. The van der Waals surface area contributed by atoms with Gasteiger partial charge in [0.1, 0.15) is 8.07 Å². The van der Waals surface area contributed by atoms with Crippen molar-refractivity contribution in [2.45, 2.75) is 57.0 Å². The summed E-state index contributed by atoms with van der Waals surface area (Å²) in [5.41, 5.74) is 3.43. The van der Waals surface area contributed by atoms with Crippen LogP contribution in [0, 0.1) is 11.5 Å². The summed E-state index contributed by atoms with van der Waals surface area (Å²) in [7, 11) is -1.12. The molecule has 0 amide bonds. The molecule has 1 aliphatic carbocycles. The molecule has 0 aromatic rings. The molecule has 0 nitrogen and oxygen atoms in total. The molecule has 1 aliphatic rings. The van der Waals surface area contributed by atoms with Crippen molar-refractivity contribution in [3.8, 4) is 11.5 Å². The van der Waals surface area contributed by atoms with Crippen molar-refractivity contribution in [2.75, 3.05) is 5.75 Å². The van der Waals surface area contributed by atoms with Gasteiger partial charge < -0.3 is 0 Å². The van der Waals surface area contributed by atoms with Crippen LogP contribution in [0.25, 0.3) is 0 Å². The van der Waals surface area contributed by atoms with E-state index < -0.39 is 8.07 Å². The van der Waals surface area contributed by atoms with Gasteiger partial charge in [0.05, 0.1) is 5.75 Å². The molecule has 80 valence electrons. The van der Waals surface area contributed by atoms with Crippen LogP contribution in [-0.4, -0.2) is 19.1 Å². The molecular formula is C12H22SSi. The molecule has 0 bridgehead atoms. The number of hydrogen-bond donors (Lipinski definition) is 0. The van der Waals surface area contributed by atoms with Crippen molar-refractivity contribution in [2.24, 2.45) is 0 Å². The maximum absolute atomic E-state index is 3.43. The Morgan fingerprint density at radius 2 is 1.79 bits per heavy atom. The Morgan fingerprint density at radius 1 is 1.14 bits per heavy atom. The number of rotatable bonds is 2. The van der Waals surface area contributed by atoms with Gasteiger partial charge in [-0.2, -0.15) is 0 Å². The second kappa shape index (κ2) is 5.88. The molecular weight excluding hydrogens is 204 g/mol. The Hall–Kier alpha value is 0.127. The maximum atomic E-state index is 3.43. The van der Waals surface area contributed by atoms with E-state index in [0.29, 0.717) is 0 Å². The standard InChI is InChI=1S/C12H22SSi/c1-14(2,3)11-7-10-13-12-8-5-4-6-9-12/h12H,4-6,8-10H2,1-3H3. The van der Waals surface area contributed by atoms with Crippen molar-refractivity contribution in [3.05, 3.63) is 0 Å². The fraction of sp³-hybridized carbons (Fsp3) is 0.833. The van der Waals surface area contributed by atoms with E-state index in [2.05, 4.69) is 42.9 Å². The third-order valence-electron chi connectivity index (χ3n) is 2.41. The lowest BCUT2D eigenvalue weighted by atomic mass is 10.0. The molecule has 1 saturated carbocycles. The molecule has 0 atom stereocenters.